The molecule has 0 aliphatic carbocycles. The summed E-state index contributed by atoms with van der Waals surface area (Å²) in [6.45, 7) is 13.1. The Kier molecular flexibility index (Phi) is 21.0. The van der Waals surface area contributed by atoms with Crippen molar-refractivity contribution in [1.82, 2.24) is 25.3 Å². The number of halogens is 1. The molecule has 4 aliphatic rings. The molecule has 4 heterocycles. The molecule has 8 rings (SSSR count). The number of piperazine rings is 1. The number of unbranched alkanes of at least 4 members (excludes halogenated alkanes) is 3. The predicted molar refractivity (Wildman–Crippen MR) is 315 cm³/mol. The molecule has 3 atom stereocenters. The molecule has 446 valence electrons. The monoisotopic (exact) mass is 1160 g/mol. The molecule has 4 aromatic rings. The minimum Gasteiger partial charge on any atom is -0.493 e. The van der Waals surface area contributed by atoms with Gasteiger partial charge in [0.25, 0.3) is 5.91 Å². The largest absolute Gasteiger partial charge is 0.493 e. The summed E-state index contributed by atoms with van der Waals surface area (Å²) in [6.07, 6.45) is 3.84. The summed E-state index contributed by atoms with van der Waals surface area (Å²) in [6, 6.07) is 18.3. The highest BCUT2D eigenvalue weighted by atomic mass is 35.5. The number of nitrogens with zero attached hydrogens (tertiary/aromatic N) is 5. The highest BCUT2D eigenvalue weighted by Crippen LogP contribution is 2.46. The van der Waals surface area contributed by atoms with E-state index in [1.807, 2.05) is 37.4 Å². The van der Waals surface area contributed by atoms with Crippen molar-refractivity contribution in [2.45, 2.75) is 109 Å². The number of likely N-dealkylation sites (N-methyl/N-ethyl adjacent to an activating group) is 1. The molecular weight excluding hydrogens is 1090 g/mol. The molecule has 2 fully saturated rings. The molecule has 1 unspecified atom stereocenters. The van der Waals surface area contributed by atoms with Crippen molar-refractivity contribution in [3.8, 4) is 17.2 Å². The van der Waals surface area contributed by atoms with E-state index in [2.05, 4.69) is 27.4 Å². The number of methoxy groups -OCH3 is 1. The Hall–Kier alpha value is -7.78. The lowest BCUT2D eigenvalue weighted by atomic mass is 9.95. The lowest BCUT2D eigenvalue weighted by Crippen LogP contribution is -2.48. The Bertz CT molecular complexity index is 3000. The Morgan fingerprint density at radius 2 is 1.55 bits per heavy atom. The number of amides is 7. The van der Waals surface area contributed by atoms with Crippen LogP contribution in [0.15, 0.2) is 79.4 Å². The smallest absolute Gasteiger partial charge is 0.415 e. The average molecular weight is 1170 g/mol. The number of hydrogen-bond acceptors (Lipinski definition) is 14. The van der Waals surface area contributed by atoms with Gasteiger partial charge >= 0.3 is 24.4 Å². The van der Waals surface area contributed by atoms with E-state index in [0.717, 1.165) is 35.8 Å². The number of carbonyl (C=O) groups is 7. The highest BCUT2D eigenvalue weighted by Gasteiger charge is 2.40. The number of carbonyl (C=O) groups excluding carboxylic acids is 7. The molecule has 4 aliphatic heterocycles. The summed E-state index contributed by atoms with van der Waals surface area (Å²) in [4.78, 5) is 103. The molecule has 0 bridgehead atoms. The first-order chi connectivity index (χ1) is 39.9. The molecule has 3 N–H and O–H groups in total. The van der Waals surface area contributed by atoms with Gasteiger partial charge in [0.15, 0.2) is 11.5 Å². The van der Waals surface area contributed by atoms with Gasteiger partial charge in [-0.15, -0.1) is 11.6 Å². The van der Waals surface area contributed by atoms with E-state index in [4.69, 9.17) is 40.0 Å². The third-order valence-electron chi connectivity index (χ3n) is 15.0. The molecule has 83 heavy (non-hydrogen) atoms. The number of anilines is 3. The molecule has 0 radical (unpaired) electrons. The maximum Gasteiger partial charge on any atom is 0.415 e. The van der Waals surface area contributed by atoms with Crippen LogP contribution in [0.2, 0.25) is 0 Å². The van der Waals surface area contributed by atoms with Crippen LogP contribution in [0.4, 0.5) is 36.2 Å². The van der Waals surface area contributed by atoms with Gasteiger partial charge in [0.1, 0.15) is 30.6 Å². The Morgan fingerprint density at radius 1 is 0.807 bits per heavy atom. The molecule has 2 saturated heterocycles. The minimum absolute atomic E-state index is 0.0409. The normalized spacial score (nSPS) is 17.1. The summed E-state index contributed by atoms with van der Waals surface area (Å²) in [5.41, 5.74) is 2.70. The Labute approximate surface area is 489 Å². The van der Waals surface area contributed by atoms with Crippen LogP contribution in [0.25, 0.3) is 10.8 Å². The Balaban J connectivity index is 0.864. The summed E-state index contributed by atoms with van der Waals surface area (Å²) < 4.78 is 34.4. The van der Waals surface area contributed by atoms with Crippen LogP contribution in [0.5, 0.6) is 17.2 Å². The van der Waals surface area contributed by atoms with E-state index in [1.54, 1.807) is 71.9 Å². The van der Waals surface area contributed by atoms with Crippen LogP contribution in [0.1, 0.15) is 106 Å². The number of rotatable bonds is 22. The van der Waals surface area contributed by atoms with Crippen molar-refractivity contribution >= 4 is 81.5 Å². The summed E-state index contributed by atoms with van der Waals surface area (Å²) in [5, 5.41) is 9.81. The van der Waals surface area contributed by atoms with E-state index >= 15 is 0 Å². The van der Waals surface area contributed by atoms with E-state index in [1.165, 1.54) is 18.1 Å². The van der Waals surface area contributed by atoms with Gasteiger partial charge in [0.2, 0.25) is 11.8 Å². The van der Waals surface area contributed by atoms with Crippen LogP contribution in [-0.4, -0.2) is 160 Å². The van der Waals surface area contributed by atoms with Gasteiger partial charge in [0, 0.05) is 93.8 Å². The molecule has 4 aromatic carbocycles. The maximum absolute atomic E-state index is 14.2. The molecule has 22 heteroatoms. The van der Waals surface area contributed by atoms with Gasteiger partial charge < -0.3 is 64.0 Å². The fourth-order valence-electron chi connectivity index (χ4n) is 10.7. The van der Waals surface area contributed by atoms with E-state index < -0.39 is 41.9 Å². The third-order valence-corrected chi connectivity index (χ3v) is 15.4. The van der Waals surface area contributed by atoms with Crippen LogP contribution in [-0.2, 0) is 30.4 Å². The van der Waals surface area contributed by atoms with Crippen LogP contribution >= 0.6 is 11.6 Å². The molecule has 0 spiro atoms. The number of benzene rings is 4. The first kappa shape index (κ1) is 61.3. The second kappa shape index (κ2) is 28.5. The van der Waals surface area contributed by atoms with Crippen LogP contribution in [0, 0.1) is 0 Å². The molecule has 7 amide bonds. The van der Waals surface area contributed by atoms with Gasteiger partial charge in [-0.3, -0.25) is 19.3 Å². The summed E-state index contributed by atoms with van der Waals surface area (Å²) in [7, 11) is 3.51. The van der Waals surface area contributed by atoms with Crippen molar-refractivity contribution in [3.63, 3.8) is 0 Å². The zero-order valence-electron chi connectivity index (χ0n) is 48.1. The first-order valence-electron chi connectivity index (χ1n) is 28.5. The molecule has 0 saturated carbocycles. The predicted octanol–water partition coefficient (Wildman–Crippen LogP) is 9.58. The molecular formula is C61H77ClN8O13. The van der Waals surface area contributed by atoms with Crippen LogP contribution in [0.3, 0.4) is 0 Å². The lowest BCUT2D eigenvalue weighted by molar-refractivity contribution is -0.119. The van der Waals surface area contributed by atoms with Crippen molar-refractivity contribution < 1.29 is 62.0 Å². The zero-order valence-corrected chi connectivity index (χ0v) is 48.9. The highest BCUT2D eigenvalue weighted by molar-refractivity contribution is 6.19. The fourth-order valence-corrected chi connectivity index (χ4v) is 11.0. The van der Waals surface area contributed by atoms with Crippen molar-refractivity contribution in [3.05, 3.63) is 96.1 Å². The van der Waals surface area contributed by atoms with Gasteiger partial charge in [0.05, 0.1) is 36.7 Å². The van der Waals surface area contributed by atoms with Gasteiger partial charge in [-0.2, -0.15) is 0 Å². The minimum atomic E-state index is -0.959. The topological polar surface area (TPSA) is 227 Å². The standard InChI is InChI=1S/C61H77ClN8O13/c1-7-31-80-58(75)65-47(19-12-13-25-63-57(74)83-61(2,3)4)55(72)64-42-23-21-40(22-24-42)39-81-60(77)70-38-43-16-15-26-68(43)56(73)46-33-51(78-6)52(34-48(46)70)79-32-14-8-9-20-53(71)69-37-41(36-62)54-45-18-11-10-17-44(45)50(35-49(54)69)82-59(76)67-29-27-66(5)28-30-67/h7,10-11,17-18,21-24,33-35,41,43,47H,1,8-9,12-16,19-20,25-32,36-39H2,2-6H3,(H,63,74)(H,64,72)(H,65,75)/t41-,43+,47?/m1/s1. The number of fused-ring (bicyclic) bond motifs is 5. The van der Waals surface area contributed by atoms with E-state index in [-0.39, 0.29) is 68.5 Å². The number of nitrogens with one attached hydrogen (secondary N) is 3. The van der Waals surface area contributed by atoms with Gasteiger partial charge in [-0.25, -0.2) is 19.2 Å². The number of alkyl carbamates (subject to hydrolysis) is 2. The summed E-state index contributed by atoms with van der Waals surface area (Å²) >= 11 is 6.55. The van der Waals surface area contributed by atoms with E-state index in [0.29, 0.717) is 117 Å². The zero-order chi connectivity index (χ0) is 59.2. The van der Waals surface area contributed by atoms with Crippen molar-refractivity contribution in [2.24, 2.45) is 0 Å². The SMILES string of the molecule is C=CCOC(=O)NC(CCCCNC(=O)OC(C)(C)C)C(=O)Nc1ccc(COC(=O)N2C[C@@H]3CCCN3C(=O)c3cc(OC)c(OCCCCCC(=O)N4C[C@@H](CCl)c5c4cc(OC(=O)N4CCN(C)CC4)c4ccccc54)cc32)cc1. The lowest BCUT2D eigenvalue weighted by Gasteiger charge is -2.31. The third kappa shape index (κ3) is 15.9. The van der Waals surface area contributed by atoms with Crippen molar-refractivity contribution in [1.29, 1.82) is 0 Å². The fraction of sp³-hybridized carbons (Fsp3) is 0.492. The van der Waals surface area contributed by atoms with Crippen molar-refractivity contribution in [2.75, 3.05) is 101 Å². The second-order valence-electron chi connectivity index (χ2n) is 22.2. The second-order valence-corrected chi connectivity index (χ2v) is 22.5. The first-order valence-corrected chi connectivity index (χ1v) is 29.1. The van der Waals surface area contributed by atoms with Gasteiger partial charge in [-0.1, -0.05) is 49.1 Å². The molecule has 21 nitrogen and oxygen atoms in total. The van der Waals surface area contributed by atoms with Crippen LogP contribution < -0.4 is 40.0 Å². The number of hydrogen-bond donors (Lipinski definition) is 3. The average Bonchev–Trinajstić information content (AvgIpc) is 2.53. The van der Waals surface area contributed by atoms with Gasteiger partial charge in [-0.05, 0) is 114 Å². The number of alkyl halides is 1. The molecule has 0 aromatic heterocycles. The number of ether oxygens (including phenoxy) is 6. The maximum atomic E-state index is 14.2. The summed E-state index contributed by atoms with van der Waals surface area (Å²) in [5.74, 6) is 0.526. The van der Waals surface area contributed by atoms with E-state index in [9.17, 15) is 33.6 Å². The Morgan fingerprint density at radius 3 is 2.28 bits per heavy atom. The quantitative estimate of drug-likeness (QED) is 0.0288.